The molecule has 7 nitrogen and oxygen atoms in total. The SMILES string of the molecule is Cn1cc(CNS(=O)(=O)c2ccc(CO)o2)cn1. The van der Waals surface area contributed by atoms with Gasteiger partial charge in [0.1, 0.15) is 12.4 Å². The summed E-state index contributed by atoms with van der Waals surface area (Å²) in [7, 11) is -1.96. The van der Waals surface area contributed by atoms with Crippen molar-refractivity contribution in [2.24, 2.45) is 7.05 Å². The van der Waals surface area contributed by atoms with Gasteiger partial charge >= 0.3 is 0 Å². The molecule has 0 aliphatic carbocycles. The highest BCUT2D eigenvalue weighted by Gasteiger charge is 2.18. The van der Waals surface area contributed by atoms with Crippen molar-refractivity contribution < 1.29 is 17.9 Å². The van der Waals surface area contributed by atoms with Crippen LogP contribution >= 0.6 is 0 Å². The number of nitrogens with one attached hydrogen (secondary N) is 1. The molecule has 0 spiro atoms. The van der Waals surface area contributed by atoms with Crippen molar-refractivity contribution in [2.75, 3.05) is 0 Å². The predicted molar refractivity (Wildman–Crippen MR) is 61.9 cm³/mol. The number of nitrogens with zero attached hydrogens (tertiary/aromatic N) is 2. The molecule has 0 unspecified atom stereocenters. The molecule has 0 atom stereocenters. The van der Waals surface area contributed by atoms with Crippen LogP contribution in [0.15, 0.2) is 34.0 Å². The Morgan fingerprint density at radius 3 is 2.83 bits per heavy atom. The van der Waals surface area contributed by atoms with Gasteiger partial charge in [-0.25, -0.2) is 13.1 Å². The summed E-state index contributed by atoms with van der Waals surface area (Å²) < 4.78 is 32.6. The fourth-order valence-corrected chi connectivity index (χ4v) is 2.36. The topological polar surface area (TPSA) is 97.4 Å². The minimum atomic E-state index is -3.70. The number of hydrogen-bond donors (Lipinski definition) is 2. The van der Waals surface area contributed by atoms with Crippen molar-refractivity contribution in [1.82, 2.24) is 14.5 Å². The molecule has 2 rings (SSSR count). The van der Waals surface area contributed by atoms with Crippen LogP contribution in [0.3, 0.4) is 0 Å². The zero-order valence-electron chi connectivity index (χ0n) is 9.70. The van der Waals surface area contributed by atoms with E-state index in [1.807, 2.05) is 0 Å². The molecule has 98 valence electrons. The second-order valence-electron chi connectivity index (χ2n) is 3.73. The largest absolute Gasteiger partial charge is 0.446 e. The molecule has 18 heavy (non-hydrogen) atoms. The zero-order valence-corrected chi connectivity index (χ0v) is 10.5. The first kappa shape index (κ1) is 12.8. The third kappa shape index (κ3) is 2.78. The molecule has 0 bridgehead atoms. The Hall–Kier alpha value is -1.64. The lowest BCUT2D eigenvalue weighted by atomic mass is 10.4. The van der Waals surface area contributed by atoms with E-state index in [1.54, 1.807) is 24.1 Å². The van der Waals surface area contributed by atoms with Gasteiger partial charge in [0.25, 0.3) is 10.0 Å². The average Bonchev–Trinajstić information content (AvgIpc) is 2.95. The van der Waals surface area contributed by atoms with Crippen molar-refractivity contribution in [2.45, 2.75) is 18.2 Å². The average molecular weight is 271 g/mol. The molecule has 0 radical (unpaired) electrons. The molecule has 0 saturated heterocycles. The van der Waals surface area contributed by atoms with E-state index in [0.717, 1.165) is 5.56 Å². The summed E-state index contributed by atoms with van der Waals surface area (Å²) >= 11 is 0. The molecule has 2 N–H and O–H groups in total. The summed E-state index contributed by atoms with van der Waals surface area (Å²) in [5.74, 6) is 0.205. The molecule has 2 heterocycles. The van der Waals surface area contributed by atoms with E-state index in [0.29, 0.717) is 0 Å². The Morgan fingerprint density at radius 1 is 1.50 bits per heavy atom. The fourth-order valence-electron chi connectivity index (χ4n) is 1.40. The quantitative estimate of drug-likeness (QED) is 0.796. The first-order valence-electron chi connectivity index (χ1n) is 5.18. The second-order valence-corrected chi connectivity index (χ2v) is 5.42. The zero-order chi connectivity index (χ0) is 13.2. The maximum absolute atomic E-state index is 11.8. The van der Waals surface area contributed by atoms with Crippen LogP contribution in [-0.4, -0.2) is 23.3 Å². The minimum Gasteiger partial charge on any atom is -0.446 e. The van der Waals surface area contributed by atoms with E-state index in [9.17, 15) is 8.42 Å². The van der Waals surface area contributed by atoms with Crippen molar-refractivity contribution >= 4 is 10.0 Å². The van der Waals surface area contributed by atoms with Gasteiger partial charge < -0.3 is 9.52 Å². The number of sulfonamides is 1. The molecule has 0 aromatic carbocycles. The number of aryl methyl sites for hydroxylation is 1. The summed E-state index contributed by atoms with van der Waals surface area (Å²) in [6.45, 7) is -0.205. The Balaban J connectivity index is 2.07. The van der Waals surface area contributed by atoms with E-state index in [-0.39, 0.29) is 24.0 Å². The number of aliphatic hydroxyl groups excluding tert-OH is 1. The maximum atomic E-state index is 11.8. The first-order valence-corrected chi connectivity index (χ1v) is 6.66. The lowest BCUT2D eigenvalue weighted by molar-refractivity contribution is 0.236. The summed E-state index contributed by atoms with van der Waals surface area (Å²) in [5, 5.41) is 12.5. The van der Waals surface area contributed by atoms with Gasteiger partial charge in [-0.3, -0.25) is 4.68 Å². The van der Waals surface area contributed by atoms with Crippen LogP contribution < -0.4 is 4.72 Å². The standard InChI is InChI=1S/C10H13N3O4S/c1-13-6-8(4-11-13)5-12-18(15,16)10-3-2-9(7-14)17-10/h2-4,6,12,14H,5,7H2,1H3. The highest BCUT2D eigenvalue weighted by atomic mass is 32.2. The van der Waals surface area contributed by atoms with Gasteiger partial charge in [-0.05, 0) is 12.1 Å². The van der Waals surface area contributed by atoms with Gasteiger partial charge in [0.05, 0.1) is 6.20 Å². The minimum absolute atomic E-state index is 0.130. The molecule has 0 saturated carbocycles. The molecule has 2 aromatic heterocycles. The first-order chi connectivity index (χ1) is 8.51. The van der Waals surface area contributed by atoms with Gasteiger partial charge in [0, 0.05) is 25.4 Å². The Bertz CT molecular complexity index is 629. The van der Waals surface area contributed by atoms with Crippen LogP contribution in [0.2, 0.25) is 0 Å². The van der Waals surface area contributed by atoms with Crippen LogP contribution in [0.25, 0.3) is 0 Å². The van der Waals surface area contributed by atoms with Gasteiger partial charge in [-0.2, -0.15) is 5.10 Å². The Morgan fingerprint density at radius 2 is 2.28 bits per heavy atom. The van der Waals surface area contributed by atoms with Crippen molar-refractivity contribution in [3.8, 4) is 0 Å². The van der Waals surface area contributed by atoms with Gasteiger partial charge in [0.2, 0.25) is 5.09 Å². The van der Waals surface area contributed by atoms with Crippen molar-refractivity contribution in [3.63, 3.8) is 0 Å². The van der Waals surface area contributed by atoms with Crippen molar-refractivity contribution in [3.05, 3.63) is 35.9 Å². The summed E-state index contributed by atoms with van der Waals surface area (Å²) in [5.41, 5.74) is 0.745. The van der Waals surface area contributed by atoms with E-state index in [2.05, 4.69) is 9.82 Å². The Kier molecular flexibility index (Phi) is 3.50. The summed E-state index contributed by atoms with van der Waals surface area (Å²) in [4.78, 5) is 0. The van der Waals surface area contributed by atoms with Crippen LogP contribution in [-0.2, 0) is 30.2 Å². The van der Waals surface area contributed by atoms with Crippen molar-refractivity contribution in [1.29, 1.82) is 0 Å². The number of furan rings is 1. The fraction of sp³-hybridized carbons (Fsp3) is 0.300. The highest BCUT2D eigenvalue weighted by molar-refractivity contribution is 7.89. The molecule has 0 aliphatic heterocycles. The monoisotopic (exact) mass is 271 g/mol. The smallest absolute Gasteiger partial charge is 0.274 e. The number of aromatic nitrogens is 2. The van der Waals surface area contributed by atoms with E-state index < -0.39 is 10.0 Å². The predicted octanol–water partition coefficient (Wildman–Crippen LogP) is -0.0161. The van der Waals surface area contributed by atoms with Crippen LogP contribution in [0.1, 0.15) is 11.3 Å². The molecule has 0 amide bonds. The molecular weight excluding hydrogens is 258 g/mol. The third-order valence-electron chi connectivity index (χ3n) is 2.28. The maximum Gasteiger partial charge on any atom is 0.274 e. The highest BCUT2D eigenvalue weighted by Crippen LogP contribution is 2.14. The number of rotatable bonds is 5. The van der Waals surface area contributed by atoms with Gasteiger partial charge in [-0.15, -0.1) is 0 Å². The molecule has 0 fully saturated rings. The van der Waals surface area contributed by atoms with Gasteiger partial charge in [0.15, 0.2) is 0 Å². The van der Waals surface area contributed by atoms with E-state index in [4.69, 9.17) is 9.52 Å². The normalized spacial score (nSPS) is 11.9. The summed E-state index contributed by atoms with van der Waals surface area (Å²) in [6, 6.07) is 2.72. The van der Waals surface area contributed by atoms with E-state index in [1.165, 1.54) is 12.1 Å². The summed E-state index contributed by atoms with van der Waals surface area (Å²) in [6.07, 6.45) is 3.29. The third-order valence-corrected chi connectivity index (χ3v) is 3.56. The second kappa shape index (κ2) is 4.92. The van der Waals surface area contributed by atoms with E-state index >= 15 is 0 Å². The van der Waals surface area contributed by atoms with Crippen LogP contribution in [0.4, 0.5) is 0 Å². The van der Waals surface area contributed by atoms with Crippen LogP contribution in [0.5, 0.6) is 0 Å². The van der Waals surface area contributed by atoms with Gasteiger partial charge in [-0.1, -0.05) is 0 Å². The van der Waals surface area contributed by atoms with Crippen LogP contribution in [0, 0.1) is 0 Å². The molecule has 2 aromatic rings. The number of hydrogen-bond acceptors (Lipinski definition) is 5. The number of aliphatic hydroxyl groups is 1. The lowest BCUT2D eigenvalue weighted by Gasteiger charge is -2.01. The Labute approximate surface area is 104 Å². The lowest BCUT2D eigenvalue weighted by Crippen LogP contribution is -2.22. The molecule has 8 heteroatoms. The molecule has 0 aliphatic rings. The molecular formula is C10H13N3O4S.